The van der Waals surface area contributed by atoms with Crippen molar-refractivity contribution < 1.29 is 0 Å². The fraction of sp³-hybridized carbons (Fsp3) is 0. The summed E-state index contributed by atoms with van der Waals surface area (Å²) in [5.41, 5.74) is 9.65. The summed E-state index contributed by atoms with van der Waals surface area (Å²) in [6.45, 7) is 0. The molecule has 4 aromatic heterocycles. The Balaban J connectivity index is 1.11. The highest BCUT2D eigenvalue weighted by atomic mass is 15.1. The van der Waals surface area contributed by atoms with Crippen molar-refractivity contribution in [3.05, 3.63) is 194 Å². The van der Waals surface area contributed by atoms with E-state index in [2.05, 4.69) is 197 Å². The van der Waals surface area contributed by atoms with Crippen molar-refractivity contribution in [1.29, 1.82) is 0 Å². The monoisotopic (exact) mass is 788 g/mol. The molecule has 0 fully saturated rings. The molecule has 286 valence electrons. The van der Waals surface area contributed by atoms with Crippen molar-refractivity contribution in [2.24, 2.45) is 0 Å². The predicted molar refractivity (Wildman–Crippen MR) is 257 cm³/mol. The van der Waals surface area contributed by atoms with Gasteiger partial charge in [-0.3, -0.25) is 14.1 Å². The minimum atomic E-state index is 0.776. The van der Waals surface area contributed by atoms with Gasteiger partial charge in [-0.1, -0.05) is 164 Å². The average molecular weight is 789 g/mol. The number of rotatable bonds is 3. The van der Waals surface area contributed by atoms with Crippen LogP contribution in [0.5, 0.6) is 0 Å². The Morgan fingerprint density at radius 2 is 0.694 bits per heavy atom. The quantitative estimate of drug-likeness (QED) is 0.167. The van der Waals surface area contributed by atoms with E-state index < -0.39 is 0 Å². The second-order valence-electron chi connectivity index (χ2n) is 16.1. The first-order chi connectivity index (χ1) is 30.8. The van der Waals surface area contributed by atoms with E-state index in [0.29, 0.717) is 0 Å². The molecule has 0 aliphatic rings. The second kappa shape index (κ2) is 12.5. The van der Waals surface area contributed by atoms with Gasteiger partial charge < -0.3 is 0 Å². The lowest BCUT2D eigenvalue weighted by atomic mass is 9.99. The number of fused-ring (bicyclic) bond motifs is 19. The summed E-state index contributed by atoms with van der Waals surface area (Å²) in [5.74, 6) is 1.57. The molecule has 6 heteroatoms. The largest absolute Gasteiger partial charge is 0.292 e. The molecule has 0 unspecified atom stereocenters. The third-order valence-corrected chi connectivity index (χ3v) is 12.9. The minimum Gasteiger partial charge on any atom is -0.292 e. The fourth-order valence-corrected chi connectivity index (χ4v) is 10.3. The fourth-order valence-electron chi connectivity index (χ4n) is 10.3. The van der Waals surface area contributed by atoms with E-state index in [0.717, 1.165) is 116 Å². The molecule has 0 radical (unpaired) electrons. The van der Waals surface area contributed by atoms with Crippen LogP contribution in [0.4, 0.5) is 0 Å². The van der Waals surface area contributed by atoms with Gasteiger partial charge in [0.15, 0.2) is 11.6 Å². The van der Waals surface area contributed by atoms with Crippen molar-refractivity contribution in [3.8, 4) is 22.9 Å². The number of nitrogens with zero attached hydrogens (tertiary/aromatic N) is 6. The lowest BCUT2D eigenvalue weighted by Crippen LogP contribution is -2.04. The van der Waals surface area contributed by atoms with Crippen molar-refractivity contribution in [2.45, 2.75) is 0 Å². The standard InChI is InChI=1S/C56H32N6/c1-2-16-33(17-3-1)51-56(60-55-41-25-11-7-21-37(41)36-20-6-10-24-40(36)54(55)59-51)62-45-29-15-13-27-43(45)50-47(62)31-30-46-49(50)42-26-12-14-28-44(42)61(46)48-32-57-52-38-22-8-4-18-34(38)35-19-5-9-23-39(35)53(52)58-48/h1-32H. The Hall–Kier alpha value is -8.48. The van der Waals surface area contributed by atoms with E-state index in [1.807, 2.05) is 6.20 Å². The summed E-state index contributed by atoms with van der Waals surface area (Å²) in [7, 11) is 0. The molecule has 0 amide bonds. The van der Waals surface area contributed by atoms with E-state index >= 15 is 0 Å². The average Bonchev–Trinajstić information content (AvgIpc) is 3.87. The van der Waals surface area contributed by atoms with Crippen molar-refractivity contribution in [1.82, 2.24) is 29.1 Å². The molecule has 10 aromatic carbocycles. The van der Waals surface area contributed by atoms with Gasteiger partial charge in [-0.05, 0) is 45.8 Å². The van der Waals surface area contributed by atoms with Gasteiger partial charge in [-0.25, -0.2) is 15.0 Å². The molecule has 0 N–H and O–H groups in total. The van der Waals surface area contributed by atoms with Crippen LogP contribution in [0.15, 0.2) is 194 Å². The Morgan fingerprint density at radius 1 is 0.290 bits per heavy atom. The van der Waals surface area contributed by atoms with Crippen LogP contribution < -0.4 is 0 Å². The van der Waals surface area contributed by atoms with Crippen LogP contribution in [0.3, 0.4) is 0 Å². The molecule has 62 heavy (non-hydrogen) atoms. The Kier molecular flexibility index (Phi) is 6.74. The van der Waals surface area contributed by atoms with Crippen LogP contribution in [-0.4, -0.2) is 29.1 Å². The van der Waals surface area contributed by atoms with Crippen molar-refractivity contribution in [2.75, 3.05) is 0 Å². The van der Waals surface area contributed by atoms with Gasteiger partial charge in [0, 0.05) is 48.7 Å². The number of para-hydroxylation sites is 2. The first-order valence-corrected chi connectivity index (χ1v) is 21.0. The molecule has 14 rings (SSSR count). The molecular weight excluding hydrogens is 757 g/mol. The topological polar surface area (TPSA) is 61.4 Å². The van der Waals surface area contributed by atoms with Gasteiger partial charge in [-0.15, -0.1) is 0 Å². The summed E-state index contributed by atoms with van der Waals surface area (Å²) >= 11 is 0. The van der Waals surface area contributed by atoms with Crippen molar-refractivity contribution >= 4 is 109 Å². The summed E-state index contributed by atoms with van der Waals surface area (Å²) < 4.78 is 4.62. The zero-order chi connectivity index (χ0) is 40.5. The summed E-state index contributed by atoms with van der Waals surface area (Å²) in [6, 6.07) is 66.6. The Bertz CT molecular complexity index is 4190. The lowest BCUT2D eigenvalue weighted by molar-refractivity contribution is 1.07. The molecule has 0 saturated carbocycles. The maximum Gasteiger partial charge on any atom is 0.165 e. The summed E-state index contributed by atoms with van der Waals surface area (Å²) in [4.78, 5) is 22.0. The number of hydrogen-bond donors (Lipinski definition) is 0. The maximum atomic E-state index is 5.72. The lowest BCUT2D eigenvalue weighted by Gasteiger charge is -2.16. The van der Waals surface area contributed by atoms with E-state index in [1.165, 1.54) is 16.2 Å². The molecule has 0 atom stereocenters. The highest BCUT2D eigenvalue weighted by Gasteiger charge is 2.25. The van der Waals surface area contributed by atoms with E-state index in [4.69, 9.17) is 19.9 Å². The van der Waals surface area contributed by atoms with Gasteiger partial charge in [0.1, 0.15) is 5.69 Å². The van der Waals surface area contributed by atoms with Gasteiger partial charge in [0.05, 0.1) is 50.3 Å². The van der Waals surface area contributed by atoms with E-state index in [1.54, 1.807) is 0 Å². The molecule has 0 aliphatic carbocycles. The number of aromatic nitrogens is 6. The molecule has 0 bridgehead atoms. The van der Waals surface area contributed by atoms with Gasteiger partial charge in [0.2, 0.25) is 0 Å². The van der Waals surface area contributed by atoms with Gasteiger partial charge in [0.25, 0.3) is 0 Å². The SMILES string of the molecule is c1ccc(-c2nc3c4ccccc4c4ccccc4c3nc2-n2c3ccccc3c3c4c5ccccc5n(-c5cnc6c7ccccc7c7ccccc7c6n5)c4ccc32)cc1. The molecule has 4 heterocycles. The van der Waals surface area contributed by atoms with Crippen molar-refractivity contribution in [3.63, 3.8) is 0 Å². The summed E-state index contributed by atoms with van der Waals surface area (Å²) in [5, 5.41) is 13.7. The molecule has 14 aromatic rings. The van der Waals surface area contributed by atoms with Crippen LogP contribution in [0.25, 0.3) is 132 Å². The Morgan fingerprint density at radius 3 is 1.24 bits per heavy atom. The molecular formula is C56H32N6. The summed E-state index contributed by atoms with van der Waals surface area (Å²) in [6.07, 6.45) is 1.94. The smallest absolute Gasteiger partial charge is 0.165 e. The molecule has 0 spiro atoms. The van der Waals surface area contributed by atoms with Gasteiger partial charge >= 0.3 is 0 Å². The zero-order valence-electron chi connectivity index (χ0n) is 33.2. The number of hydrogen-bond acceptors (Lipinski definition) is 4. The number of benzene rings is 10. The predicted octanol–water partition coefficient (Wildman–Crippen LogP) is 14.0. The van der Waals surface area contributed by atoms with Crippen LogP contribution in [0, 0.1) is 0 Å². The minimum absolute atomic E-state index is 0.776. The highest BCUT2D eigenvalue weighted by molar-refractivity contribution is 6.30. The maximum absolute atomic E-state index is 5.72. The van der Waals surface area contributed by atoms with Crippen LogP contribution in [-0.2, 0) is 0 Å². The first kappa shape index (κ1) is 33.4. The normalized spacial score (nSPS) is 12.2. The van der Waals surface area contributed by atoms with Gasteiger partial charge in [-0.2, -0.15) is 0 Å². The van der Waals surface area contributed by atoms with E-state index in [9.17, 15) is 0 Å². The Labute approximate surface area is 353 Å². The van der Waals surface area contributed by atoms with Crippen LogP contribution in [0.1, 0.15) is 0 Å². The third kappa shape index (κ3) is 4.47. The van der Waals surface area contributed by atoms with Crippen LogP contribution >= 0.6 is 0 Å². The molecule has 0 saturated heterocycles. The third-order valence-electron chi connectivity index (χ3n) is 12.9. The highest BCUT2D eigenvalue weighted by Crippen LogP contribution is 2.44. The van der Waals surface area contributed by atoms with E-state index in [-0.39, 0.29) is 0 Å². The van der Waals surface area contributed by atoms with Crippen LogP contribution in [0.2, 0.25) is 0 Å². The second-order valence-corrected chi connectivity index (χ2v) is 16.1. The molecule has 0 aliphatic heterocycles. The first-order valence-electron chi connectivity index (χ1n) is 21.0. The molecule has 6 nitrogen and oxygen atoms in total. The zero-order valence-corrected chi connectivity index (χ0v) is 33.2.